The maximum atomic E-state index is 12.3. The second kappa shape index (κ2) is 6.66. The smallest absolute Gasteiger partial charge is 0.164 e. The quantitative estimate of drug-likeness (QED) is 0.714. The molecular formula is C13H24O4S. The molecular weight excluding hydrogens is 252 g/mol. The summed E-state index contributed by atoms with van der Waals surface area (Å²) in [5.74, 6) is 0.175. The first-order valence-electron chi connectivity index (χ1n) is 6.74. The van der Waals surface area contributed by atoms with E-state index in [-0.39, 0.29) is 11.5 Å². The van der Waals surface area contributed by atoms with Gasteiger partial charge >= 0.3 is 0 Å². The molecule has 0 atom stereocenters. The second-order valence-corrected chi connectivity index (χ2v) is 7.40. The first kappa shape index (κ1) is 15.6. The van der Waals surface area contributed by atoms with Crippen molar-refractivity contribution in [3.63, 3.8) is 0 Å². The van der Waals surface area contributed by atoms with Crippen LogP contribution in [0.4, 0.5) is 0 Å². The summed E-state index contributed by atoms with van der Waals surface area (Å²) in [7, 11) is -2.98. The molecule has 0 aromatic rings. The lowest BCUT2D eigenvalue weighted by Crippen LogP contribution is -2.43. The van der Waals surface area contributed by atoms with E-state index in [9.17, 15) is 13.2 Å². The van der Waals surface area contributed by atoms with Crippen molar-refractivity contribution in [3.05, 3.63) is 0 Å². The van der Waals surface area contributed by atoms with E-state index in [0.717, 1.165) is 32.1 Å². The fourth-order valence-corrected chi connectivity index (χ4v) is 3.29. The van der Waals surface area contributed by atoms with Crippen LogP contribution < -0.4 is 0 Å². The molecule has 0 radical (unpaired) electrons. The van der Waals surface area contributed by atoms with Crippen molar-refractivity contribution in [3.8, 4) is 0 Å². The summed E-state index contributed by atoms with van der Waals surface area (Å²) >= 11 is 0. The topological polar surface area (TPSA) is 60.4 Å². The molecule has 0 bridgehead atoms. The van der Waals surface area contributed by atoms with Gasteiger partial charge in [-0.05, 0) is 26.2 Å². The third-order valence-electron chi connectivity index (χ3n) is 3.51. The number of hydrogen-bond acceptors (Lipinski definition) is 4. The number of hydrogen-bond donors (Lipinski definition) is 0. The van der Waals surface area contributed by atoms with E-state index in [1.165, 1.54) is 6.26 Å². The van der Waals surface area contributed by atoms with Crippen molar-refractivity contribution in [2.75, 3.05) is 18.6 Å². The molecule has 106 valence electrons. The first-order valence-corrected chi connectivity index (χ1v) is 8.81. The van der Waals surface area contributed by atoms with E-state index in [2.05, 4.69) is 0 Å². The average Bonchev–Trinajstić information content (AvgIpc) is 2.29. The van der Waals surface area contributed by atoms with E-state index in [0.29, 0.717) is 19.4 Å². The lowest BCUT2D eigenvalue weighted by atomic mass is 9.80. The van der Waals surface area contributed by atoms with E-state index >= 15 is 0 Å². The van der Waals surface area contributed by atoms with Gasteiger partial charge in [-0.2, -0.15) is 0 Å². The van der Waals surface area contributed by atoms with Gasteiger partial charge < -0.3 is 4.74 Å². The van der Waals surface area contributed by atoms with Crippen molar-refractivity contribution in [2.45, 2.75) is 57.5 Å². The molecule has 0 aromatic heterocycles. The van der Waals surface area contributed by atoms with Gasteiger partial charge in [0.2, 0.25) is 0 Å². The molecule has 0 N–H and O–H groups in total. The summed E-state index contributed by atoms with van der Waals surface area (Å²) in [6.07, 6.45) is 6.72. The van der Waals surface area contributed by atoms with Gasteiger partial charge in [0.05, 0.1) is 5.75 Å². The van der Waals surface area contributed by atoms with Crippen LogP contribution in [0, 0.1) is 0 Å². The number of rotatable bonds is 7. The zero-order chi connectivity index (χ0) is 13.6. The standard InChI is InChI=1S/C13H24O4S/c1-3-17-13(9-5-4-6-10-13)12(14)8-7-11-18(2,15)16/h3-11H2,1-2H3. The van der Waals surface area contributed by atoms with Gasteiger partial charge in [-0.3, -0.25) is 4.79 Å². The lowest BCUT2D eigenvalue weighted by Gasteiger charge is -2.35. The maximum Gasteiger partial charge on any atom is 0.164 e. The molecule has 0 amide bonds. The number of Topliss-reactive ketones (excluding diaryl/α,β-unsaturated/α-hetero) is 1. The summed E-state index contributed by atoms with van der Waals surface area (Å²) in [6.45, 7) is 2.44. The number of ether oxygens (including phenoxy) is 1. The molecule has 0 unspecified atom stereocenters. The highest BCUT2D eigenvalue weighted by molar-refractivity contribution is 7.90. The Labute approximate surface area is 110 Å². The van der Waals surface area contributed by atoms with Crippen molar-refractivity contribution in [2.24, 2.45) is 0 Å². The Morgan fingerprint density at radius 1 is 1.22 bits per heavy atom. The summed E-state index contributed by atoms with van der Waals surface area (Å²) in [6, 6.07) is 0. The van der Waals surface area contributed by atoms with Crippen molar-refractivity contribution >= 4 is 15.6 Å². The molecule has 0 heterocycles. The predicted molar refractivity (Wildman–Crippen MR) is 71.4 cm³/mol. The molecule has 1 aliphatic carbocycles. The summed E-state index contributed by atoms with van der Waals surface area (Å²) in [5, 5.41) is 0. The molecule has 5 heteroatoms. The Bertz CT molecular complexity index is 361. The van der Waals surface area contributed by atoms with Crippen LogP contribution in [0.2, 0.25) is 0 Å². The summed E-state index contributed by atoms with van der Waals surface area (Å²) in [5.41, 5.74) is -0.621. The van der Waals surface area contributed by atoms with Crippen molar-refractivity contribution in [1.29, 1.82) is 0 Å². The predicted octanol–water partition coefficient (Wildman–Crippen LogP) is 2.12. The second-order valence-electron chi connectivity index (χ2n) is 5.14. The van der Waals surface area contributed by atoms with Crippen molar-refractivity contribution in [1.82, 2.24) is 0 Å². The minimum atomic E-state index is -2.98. The van der Waals surface area contributed by atoms with Crippen LogP contribution in [0.25, 0.3) is 0 Å². The average molecular weight is 276 g/mol. The van der Waals surface area contributed by atoms with Crippen LogP contribution in [-0.2, 0) is 19.4 Å². The van der Waals surface area contributed by atoms with Gasteiger partial charge in [0, 0.05) is 19.3 Å². The highest BCUT2D eigenvalue weighted by Crippen LogP contribution is 2.33. The van der Waals surface area contributed by atoms with Gasteiger partial charge in [-0.25, -0.2) is 8.42 Å². The Morgan fingerprint density at radius 3 is 2.33 bits per heavy atom. The molecule has 4 nitrogen and oxygen atoms in total. The van der Waals surface area contributed by atoms with Gasteiger partial charge in [0.1, 0.15) is 15.4 Å². The molecule has 1 aliphatic rings. The lowest BCUT2D eigenvalue weighted by molar-refractivity contribution is -0.149. The normalized spacial score (nSPS) is 19.7. The number of sulfone groups is 1. The van der Waals surface area contributed by atoms with Crippen LogP contribution >= 0.6 is 0 Å². The molecule has 0 spiro atoms. The Kier molecular flexibility index (Phi) is 5.79. The fourth-order valence-electron chi connectivity index (χ4n) is 2.63. The largest absolute Gasteiger partial charge is 0.368 e. The third-order valence-corrected chi connectivity index (χ3v) is 4.54. The molecule has 18 heavy (non-hydrogen) atoms. The van der Waals surface area contributed by atoms with E-state index in [1.54, 1.807) is 0 Å². The molecule has 0 aromatic carbocycles. The minimum Gasteiger partial charge on any atom is -0.368 e. The minimum absolute atomic E-state index is 0.0843. The van der Waals surface area contributed by atoms with Crippen molar-refractivity contribution < 1.29 is 17.9 Å². The third kappa shape index (κ3) is 4.69. The maximum absolute atomic E-state index is 12.3. The zero-order valence-corrected chi connectivity index (χ0v) is 12.2. The summed E-state index contributed by atoms with van der Waals surface area (Å²) in [4.78, 5) is 12.3. The van der Waals surface area contributed by atoms with E-state index in [4.69, 9.17) is 4.74 Å². The summed E-state index contributed by atoms with van der Waals surface area (Å²) < 4.78 is 27.8. The zero-order valence-electron chi connectivity index (χ0n) is 11.4. The Balaban J connectivity index is 2.54. The monoisotopic (exact) mass is 276 g/mol. The van der Waals surface area contributed by atoms with Crippen LogP contribution in [0.15, 0.2) is 0 Å². The van der Waals surface area contributed by atoms with Crippen LogP contribution in [0.5, 0.6) is 0 Å². The van der Waals surface area contributed by atoms with E-state index < -0.39 is 15.4 Å². The van der Waals surface area contributed by atoms with Crippen LogP contribution in [0.3, 0.4) is 0 Å². The molecule has 0 saturated heterocycles. The van der Waals surface area contributed by atoms with E-state index in [1.807, 2.05) is 6.92 Å². The first-order chi connectivity index (χ1) is 8.40. The van der Waals surface area contributed by atoms with Crippen LogP contribution in [0.1, 0.15) is 51.9 Å². The number of carbonyl (C=O) groups is 1. The number of carbonyl (C=O) groups excluding carboxylic acids is 1. The Hall–Kier alpha value is -0.420. The van der Waals surface area contributed by atoms with Gasteiger partial charge in [-0.15, -0.1) is 0 Å². The molecule has 1 saturated carbocycles. The highest BCUT2D eigenvalue weighted by Gasteiger charge is 2.39. The number of ketones is 1. The highest BCUT2D eigenvalue weighted by atomic mass is 32.2. The molecule has 1 rings (SSSR count). The van der Waals surface area contributed by atoms with Gasteiger partial charge in [0.15, 0.2) is 5.78 Å². The Morgan fingerprint density at radius 2 is 1.83 bits per heavy atom. The van der Waals surface area contributed by atoms with Crippen LogP contribution in [-0.4, -0.2) is 38.4 Å². The SMILES string of the molecule is CCOC1(C(=O)CCCS(C)(=O)=O)CCCCC1. The fraction of sp³-hybridized carbons (Fsp3) is 0.923. The molecule has 1 fully saturated rings. The van der Waals surface area contributed by atoms with Gasteiger partial charge in [-0.1, -0.05) is 19.3 Å². The molecule has 0 aliphatic heterocycles. The van der Waals surface area contributed by atoms with Gasteiger partial charge in [0.25, 0.3) is 0 Å².